The van der Waals surface area contributed by atoms with Crippen LogP contribution in [0.5, 0.6) is 0 Å². The van der Waals surface area contributed by atoms with Gasteiger partial charge in [-0.2, -0.15) is 0 Å². The van der Waals surface area contributed by atoms with Gasteiger partial charge < -0.3 is 23.5 Å². The van der Waals surface area contributed by atoms with Crippen LogP contribution in [-0.2, 0) is 42.1 Å². The highest BCUT2D eigenvalue weighted by atomic mass is 31.2. The summed E-state index contributed by atoms with van der Waals surface area (Å²) >= 11 is 0. The Kier molecular flexibility index (Phi) is 39.3. The van der Waals surface area contributed by atoms with Gasteiger partial charge in [0, 0.05) is 13.2 Å². The number of carbonyl (C=O) groups excluding carboxylic acids is 2. The van der Waals surface area contributed by atoms with E-state index < -0.39 is 31.6 Å². The van der Waals surface area contributed by atoms with Gasteiger partial charge in [-0.1, -0.05) is 209 Å². The highest BCUT2D eigenvalue weighted by Crippen LogP contribution is 2.65. The highest BCUT2D eigenvalue weighted by molar-refractivity contribution is 7.55. The van der Waals surface area contributed by atoms with Gasteiger partial charge in [0.1, 0.15) is 12.2 Å². The van der Waals surface area contributed by atoms with Crippen molar-refractivity contribution in [2.75, 3.05) is 26.4 Å². The van der Waals surface area contributed by atoms with Crippen molar-refractivity contribution < 1.29 is 42.1 Å². The van der Waals surface area contributed by atoms with E-state index in [1.807, 2.05) is 0 Å². The van der Waals surface area contributed by atoms with Gasteiger partial charge in [0.05, 0.1) is 13.2 Å². The van der Waals surface area contributed by atoms with Crippen LogP contribution < -0.4 is 0 Å². The zero-order valence-electron chi connectivity index (χ0n) is 41.8. The van der Waals surface area contributed by atoms with Crippen LogP contribution in [-0.4, -0.2) is 62.0 Å². The molecule has 0 aliphatic carbocycles. The van der Waals surface area contributed by atoms with Crippen molar-refractivity contribution in [3.63, 3.8) is 0 Å². The molecule has 0 heterocycles. The van der Waals surface area contributed by atoms with Gasteiger partial charge in [-0.25, -0.2) is 0 Å². The first kappa shape index (κ1) is 60.8. The molecule has 0 radical (unpaired) electrons. The van der Waals surface area contributed by atoms with Crippen molar-refractivity contribution in [2.24, 2.45) is 0 Å². The number of unbranched alkanes of at least 4 members (excludes halogenated alkanes) is 22. The molecule has 0 spiro atoms. The lowest BCUT2D eigenvalue weighted by molar-refractivity contribution is -0.328. The van der Waals surface area contributed by atoms with Crippen molar-refractivity contribution in [2.45, 2.75) is 272 Å². The van der Waals surface area contributed by atoms with Gasteiger partial charge >= 0.3 is 13.1 Å². The van der Waals surface area contributed by atoms with Crippen LogP contribution in [0.1, 0.15) is 248 Å². The maximum absolute atomic E-state index is 16.6. The van der Waals surface area contributed by atoms with E-state index in [0.29, 0.717) is 49.7 Å². The molecule has 0 amide bonds. The summed E-state index contributed by atoms with van der Waals surface area (Å²) in [6.45, 7) is 25.2. The molecule has 10 heteroatoms. The largest absolute Gasteiger partial charge is 0.396 e. The molecule has 62 heavy (non-hydrogen) atoms. The fraction of sp³-hybridized carbons (Fsp3) is 0.885. The topological polar surface area (TPSA) is 107 Å². The Morgan fingerprint density at radius 3 is 1.21 bits per heavy atom. The first-order chi connectivity index (χ1) is 29.9. The second-order valence-electron chi connectivity index (χ2n) is 17.7. The minimum Gasteiger partial charge on any atom is -0.347 e. The highest BCUT2D eigenvalue weighted by Gasteiger charge is 2.64. The summed E-state index contributed by atoms with van der Waals surface area (Å²) in [5.74, 6) is -0.656. The van der Waals surface area contributed by atoms with Crippen LogP contribution in [0.15, 0.2) is 24.3 Å². The molecule has 0 bridgehead atoms. The molecule has 0 saturated heterocycles. The van der Waals surface area contributed by atoms with Gasteiger partial charge in [0.15, 0.2) is 11.6 Å². The molecule has 0 saturated carbocycles. The molecule has 4 atom stereocenters. The molecule has 0 rings (SSSR count). The standard InChI is InChI=1S/C52H99O9P/c1-11-17-23-29-35-41-56-51(57-42-36-30-24-18-12-2)52(58-43-37-31-25-19-13-3,60-47(49(53)45(7)8)39-33-27-21-15-5)62(55,59-44-38-32-26-20-14-4)61-48(50(54)46(9)10)40-34-28-22-16-6/h47-48,51H,7,9,11-44H2,1-6,8,10H3. The van der Waals surface area contributed by atoms with E-state index in [1.165, 1.54) is 0 Å². The molecule has 0 aromatic heterocycles. The molecule has 0 N–H and O–H groups in total. The number of rotatable bonds is 48. The van der Waals surface area contributed by atoms with Crippen LogP contribution >= 0.6 is 7.60 Å². The third kappa shape index (κ3) is 26.7. The maximum Gasteiger partial charge on any atom is 0.396 e. The van der Waals surface area contributed by atoms with Crippen LogP contribution in [0.3, 0.4) is 0 Å². The van der Waals surface area contributed by atoms with E-state index in [9.17, 15) is 9.59 Å². The van der Waals surface area contributed by atoms with Crippen LogP contribution in [0.25, 0.3) is 0 Å². The Bertz CT molecular complexity index is 1160. The SMILES string of the molecule is C=C(C)C(=O)C(CCCCCC)OC(OCCCCCCC)(C(OCCCCCCC)OCCCCCCC)P(=O)(OCCCCCCC)OC(CCCCCC)C(=O)C(=C)C. The first-order valence-corrected chi connectivity index (χ1v) is 27.4. The summed E-state index contributed by atoms with van der Waals surface area (Å²) in [7, 11) is -4.78. The minimum atomic E-state index is -4.78. The second kappa shape index (κ2) is 40.1. The second-order valence-corrected chi connectivity index (χ2v) is 19.8. The number of Topliss-reactive ketones (excluding diaryl/α,β-unsaturated/α-hetero) is 2. The summed E-state index contributed by atoms with van der Waals surface area (Å²) in [5, 5.41) is 0. The monoisotopic (exact) mass is 899 g/mol. The summed E-state index contributed by atoms with van der Waals surface area (Å²) < 4.78 is 57.7. The van der Waals surface area contributed by atoms with Crippen molar-refractivity contribution in [3.8, 4) is 0 Å². The molecule has 9 nitrogen and oxygen atoms in total. The predicted octanol–water partition coefficient (Wildman–Crippen LogP) is 16.1. The molecule has 0 aromatic carbocycles. The Balaban J connectivity index is 8.05. The van der Waals surface area contributed by atoms with Gasteiger partial charge in [-0.3, -0.25) is 18.7 Å². The molecule has 0 aliphatic rings. The van der Waals surface area contributed by atoms with E-state index in [-0.39, 0.29) is 38.0 Å². The maximum atomic E-state index is 16.6. The van der Waals surface area contributed by atoms with Crippen LogP contribution in [0, 0.1) is 0 Å². The van der Waals surface area contributed by atoms with Gasteiger partial charge in [-0.15, -0.1) is 0 Å². The molecular formula is C52H99O9P. The molecule has 366 valence electrons. The molecule has 0 fully saturated rings. The van der Waals surface area contributed by atoms with E-state index in [0.717, 1.165) is 154 Å². The molecule has 4 unspecified atom stereocenters. The average molecular weight is 899 g/mol. The summed E-state index contributed by atoms with van der Waals surface area (Å²) in [6.07, 6.45) is 23.6. The number of ketones is 2. The zero-order valence-corrected chi connectivity index (χ0v) is 42.7. The lowest BCUT2D eigenvalue weighted by Crippen LogP contribution is -2.54. The van der Waals surface area contributed by atoms with Gasteiger partial charge in [-0.05, 0) is 63.5 Å². The third-order valence-electron chi connectivity index (χ3n) is 11.4. The van der Waals surface area contributed by atoms with E-state index in [2.05, 4.69) is 54.7 Å². The predicted molar refractivity (Wildman–Crippen MR) is 260 cm³/mol. The zero-order chi connectivity index (χ0) is 46.3. The number of carbonyl (C=O) groups is 2. The van der Waals surface area contributed by atoms with Gasteiger partial charge in [0.25, 0.3) is 0 Å². The van der Waals surface area contributed by atoms with E-state index >= 15 is 4.57 Å². The molecule has 0 aliphatic heterocycles. The summed E-state index contributed by atoms with van der Waals surface area (Å²) in [5.41, 5.74) is -1.72. The molecular weight excluding hydrogens is 800 g/mol. The van der Waals surface area contributed by atoms with Crippen molar-refractivity contribution in [3.05, 3.63) is 24.3 Å². The van der Waals surface area contributed by atoms with Crippen molar-refractivity contribution in [1.82, 2.24) is 0 Å². The number of hydrogen-bond donors (Lipinski definition) is 0. The number of hydrogen-bond acceptors (Lipinski definition) is 9. The average Bonchev–Trinajstić information content (AvgIpc) is 3.25. The fourth-order valence-electron chi connectivity index (χ4n) is 7.40. The smallest absolute Gasteiger partial charge is 0.347 e. The Hall–Kier alpha value is -1.19. The van der Waals surface area contributed by atoms with E-state index in [1.54, 1.807) is 13.8 Å². The van der Waals surface area contributed by atoms with Crippen LogP contribution in [0.2, 0.25) is 0 Å². The van der Waals surface area contributed by atoms with Crippen molar-refractivity contribution >= 4 is 19.2 Å². The lowest BCUT2D eigenvalue weighted by Gasteiger charge is -2.44. The van der Waals surface area contributed by atoms with E-state index in [4.69, 9.17) is 28.0 Å². The normalized spacial score (nSPS) is 14.7. The Morgan fingerprint density at radius 1 is 0.468 bits per heavy atom. The summed E-state index contributed by atoms with van der Waals surface area (Å²) in [6, 6.07) is 0. The minimum absolute atomic E-state index is 0.0755. The number of ether oxygens (including phenoxy) is 4. The van der Waals surface area contributed by atoms with Gasteiger partial charge in [0.2, 0.25) is 6.29 Å². The van der Waals surface area contributed by atoms with Crippen LogP contribution in [0.4, 0.5) is 0 Å². The lowest BCUT2D eigenvalue weighted by atomic mass is 10.0. The van der Waals surface area contributed by atoms with Crippen molar-refractivity contribution in [1.29, 1.82) is 0 Å². The third-order valence-corrected chi connectivity index (χ3v) is 13.7. The Labute approximate surface area is 382 Å². The Morgan fingerprint density at radius 2 is 0.806 bits per heavy atom. The fourth-order valence-corrected chi connectivity index (χ4v) is 9.60. The first-order valence-electron chi connectivity index (χ1n) is 25.8. The summed E-state index contributed by atoms with van der Waals surface area (Å²) in [4.78, 5) is 28.4. The quantitative estimate of drug-likeness (QED) is 0.0255. The molecule has 0 aromatic rings.